The third kappa shape index (κ3) is 3.41. The summed E-state index contributed by atoms with van der Waals surface area (Å²) in [5.41, 5.74) is 6.10. The zero-order valence-corrected chi connectivity index (χ0v) is 23.4. The molecule has 0 aliphatic carbocycles. The summed E-state index contributed by atoms with van der Waals surface area (Å²) in [4.78, 5) is 36.8. The quantitative estimate of drug-likeness (QED) is 0.246. The molecule has 2 aliphatic heterocycles. The van der Waals surface area contributed by atoms with Crippen LogP contribution in [0.1, 0.15) is 0 Å². The van der Waals surface area contributed by atoms with E-state index < -0.39 is 15.6 Å². The van der Waals surface area contributed by atoms with Crippen molar-refractivity contribution >= 4 is 64.1 Å². The van der Waals surface area contributed by atoms with Gasteiger partial charge >= 0.3 is 15.6 Å². The van der Waals surface area contributed by atoms with Gasteiger partial charge in [0.25, 0.3) is 0 Å². The average Bonchev–Trinajstić information content (AvgIpc) is 3.76. The van der Waals surface area contributed by atoms with E-state index in [-0.39, 0.29) is 0 Å². The molecule has 0 atom stereocenters. The number of aromatic amines is 2. The largest absolute Gasteiger partial charge is 0.515 e. The summed E-state index contributed by atoms with van der Waals surface area (Å²) >= 11 is -1.51. The third-order valence-corrected chi connectivity index (χ3v) is 8.77. The first-order valence-electron chi connectivity index (χ1n) is 13.6. The summed E-state index contributed by atoms with van der Waals surface area (Å²) in [6.45, 7) is 0. The Bertz CT molecular complexity index is 2420. The molecule has 10 heteroatoms. The smallest absolute Gasteiger partial charge is 0.475 e. The summed E-state index contributed by atoms with van der Waals surface area (Å²) in [7, 11) is 0. The Kier molecular flexibility index (Phi) is 4.95. The number of nitrogens with zero attached hydrogens (tertiary/aromatic N) is 6. The number of aromatic nitrogens is 8. The van der Waals surface area contributed by atoms with Crippen molar-refractivity contribution in [1.29, 1.82) is 0 Å². The zero-order chi connectivity index (χ0) is 27.8. The van der Waals surface area contributed by atoms with Crippen LogP contribution in [-0.4, -0.2) is 59.6 Å². The molecular formula is C32H19AlN8O. The normalized spacial score (nSPS) is 11.9. The van der Waals surface area contributed by atoms with Crippen LogP contribution in [0.15, 0.2) is 91.0 Å². The van der Waals surface area contributed by atoms with Gasteiger partial charge in [0.1, 0.15) is 22.6 Å². The summed E-state index contributed by atoms with van der Waals surface area (Å²) in [6, 6.07) is 29.8. The van der Waals surface area contributed by atoms with Gasteiger partial charge in [-0.15, -0.1) is 0 Å². The van der Waals surface area contributed by atoms with Crippen molar-refractivity contribution in [3.63, 3.8) is 0 Å². The van der Waals surface area contributed by atoms with Gasteiger partial charge in [-0.25, -0.2) is 29.9 Å². The predicted molar refractivity (Wildman–Crippen MR) is 165 cm³/mol. The summed E-state index contributed by atoms with van der Waals surface area (Å²) in [5, 5.41) is 3.58. The number of H-pyrrole nitrogens is 2. The minimum Gasteiger partial charge on any atom is -0.515 e. The van der Waals surface area contributed by atoms with Crippen molar-refractivity contribution in [3.8, 4) is 45.6 Å². The molecule has 4 aromatic carbocycles. The minimum atomic E-state index is -1.51. The second-order valence-corrected chi connectivity index (χ2v) is 11.3. The lowest BCUT2D eigenvalue weighted by Gasteiger charge is -1.98. The molecule has 0 unspecified atom stereocenters. The maximum atomic E-state index is 10.4. The molecule has 5 heterocycles. The summed E-state index contributed by atoms with van der Waals surface area (Å²) < 4.78 is 11.3. The van der Waals surface area contributed by atoms with Crippen LogP contribution < -0.4 is 4.43 Å². The molecule has 7 aromatic rings. The van der Waals surface area contributed by atoms with E-state index in [2.05, 4.69) is 9.97 Å². The lowest BCUT2D eigenvalue weighted by molar-refractivity contribution is 0.616. The highest BCUT2D eigenvalue weighted by atomic mass is 27.1. The summed E-state index contributed by atoms with van der Waals surface area (Å²) in [6.07, 6.45) is 0. The van der Waals surface area contributed by atoms with Gasteiger partial charge in [-0.1, -0.05) is 95.4 Å². The molecule has 0 saturated carbocycles. The van der Waals surface area contributed by atoms with Crippen LogP contribution in [0, 0.1) is 0 Å². The van der Waals surface area contributed by atoms with Crippen molar-refractivity contribution in [3.05, 3.63) is 91.0 Å². The van der Waals surface area contributed by atoms with E-state index in [0.29, 0.717) is 45.9 Å². The molecule has 9 nitrogen and oxygen atoms in total. The van der Waals surface area contributed by atoms with E-state index in [4.69, 9.17) is 29.9 Å². The van der Waals surface area contributed by atoms with Crippen molar-refractivity contribution in [2.75, 3.05) is 0 Å². The zero-order valence-electron chi connectivity index (χ0n) is 22.0. The van der Waals surface area contributed by atoms with E-state index in [1.54, 1.807) is 0 Å². The van der Waals surface area contributed by atoms with E-state index in [1.165, 1.54) is 0 Å². The van der Waals surface area contributed by atoms with Crippen LogP contribution >= 0.6 is 0 Å². The van der Waals surface area contributed by atoms with Crippen LogP contribution in [-0.2, 0) is 0 Å². The van der Waals surface area contributed by atoms with Crippen LogP contribution in [0.3, 0.4) is 0 Å². The number of nitrogens with one attached hydrogen (secondary N) is 2. The number of rotatable bonds is 1. The molecule has 9 rings (SSSR count). The lowest BCUT2D eigenvalue weighted by Crippen LogP contribution is -2.13. The van der Waals surface area contributed by atoms with Crippen LogP contribution in [0.2, 0.25) is 0 Å². The first kappa shape index (κ1) is 23.4. The summed E-state index contributed by atoms with van der Waals surface area (Å²) in [5.74, 6) is 2.23. The molecule has 0 radical (unpaired) electrons. The molecule has 0 saturated heterocycles. The molecular weight excluding hydrogens is 539 g/mol. The third-order valence-electron chi connectivity index (χ3n) is 7.84. The Morgan fingerprint density at radius 2 is 0.833 bits per heavy atom. The second kappa shape index (κ2) is 8.86. The highest BCUT2D eigenvalue weighted by Gasteiger charge is 2.22. The fourth-order valence-corrected chi connectivity index (χ4v) is 6.65. The average molecular weight is 559 g/mol. The van der Waals surface area contributed by atoms with E-state index in [9.17, 15) is 4.16 Å². The van der Waals surface area contributed by atoms with Crippen LogP contribution in [0.4, 0.5) is 0 Å². The Hall–Kier alpha value is -5.27. The number of hydrogen-bond acceptors (Lipinski definition) is 7. The van der Waals surface area contributed by atoms with Gasteiger partial charge in [0.2, 0.25) is 0 Å². The molecule has 0 spiro atoms. The maximum Gasteiger partial charge on any atom is 0.475 e. The van der Waals surface area contributed by atoms with Crippen molar-refractivity contribution in [2.24, 2.45) is 0 Å². The van der Waals surface area contributed by atoms with Crippen LogP contribution in [0.5, 0.6) is 0 Å². The van der Waals surface area contributed by atoms with Gasteiger partial charge in [-0.05, 0) is 0 Å². The first-order valence-corrected chi connectivity index (χ1v) is 14.9. The molecule has 196 valence electrons. The fraction of sp³-hybridized carbons (Fsp3) is 0. The van der Waals surface area contributed by atoms with Crippen LogP contribution in [0.25, 0.3) is 89.7 Å². The standard InChI is InChI=1S/C32H17N8.Al.H2O.H/c1-2-10-18-17(9-1)25-33-26(18)38-28-21-13-5-6-14-22(21)30(35-28)40-32-24-16-8-7-15-23(24)31(36-32)39-29-20-12-4-3-11-19(20)27(34-29)37-25;;;/h1-15H,(H2,33,34,35,36,37,38,39,40);;1H2;/q;+1;;/p-1. The molecule has 8 bridgehead atoms. The number of hydrogen-bond donors (Lipinski definition) is 3. The molecule has 3 aromatic heterocycles. The Morgan fingerprint density at radius 3 is 1.33 bits per heavy atom. The van der Waals surface area contributed by atoms with Crippen molar-refractivity contribution in [1.82, 2.24) is 39.9 Å². The SMILES string of the molecule is [OH][AlH][c]1cccc2c3nc4nc(nc5[nH]c(nc6nc(nc([nH]3)c12)-c1ccccc1-6)c1ccccc51)-c1ccccc1-4. The highest BCUT2D eigenvalue weighted by molar-refractivity contribution is 6.51. The van der Waals surface area contributed by atoms with E-state index in [0.717, 1.165) is 48.2 Å². The van der Waals surface area contributed by atoms with Crippen molar-refractivity contribution in [2.45, 2.75) is 0 Å². The molecule has 3 N–H and O–H groups in total. The van der Waals surface area contributed by atoms with Gasteiger partial charge in [-0.2, -0.15) is 0 Å². The first-order chi connectivity index (χ1) is 20.7. The number of benzene rings is 4. The predicted octanol–water partition coefficient (Wildman–Crippen LogP) is 4.84. The monoisotopic (exact) mass is 558 g/mol. The topological polar surface area (TPSA) is 129 Å². The van der Waals surface area contributed by atoms with Gasteiger partial charge in [0.05, 0.1) is 0 Å². The molecule has 0 amide bonds. The van der Waals surface area contributed by atoms with E-state index in [1.807, 2.05) is 91.0 Å². The van der Waals surface area contributed by atoms with Gasteiger partial charge < -0.3 is 14.1 Å². The Balaban J connectivity index is 1.52. The van der Waals surface area contributed by atoms with Gasteiger partial charge in [0.15, 0.2) is 23.3 Å². The Morgan fingerprint density at radius 1 is 0.429 bits per heavy atom. The minimum absolute atomic E-state index is 0.542. The van der Waals surface area contributed by atoms with E-state index >= 15 is 0 Å². The lowest BCUT2D eigenvalue weighted by atomic mass is 10.1. The van der Waals surface area contributed by atoms with Gasteiger partial charge in [0, 0.05) is 43.8 Å². The van der Waals surface area contributed by atoms with Crippen molar-refractivity contribution < 1.29 is 4.16 Å². The number of fused-ring (bicyclic) bond motifs is 20. The molecule has 42 heavy (non-hydrogen) atoms. The molecule has 0 fully saturated rings. The second-order valence-electron chi connectivity index (χ2n) is 10.2. The highest BCUT2D eigenvalue weighted by Crippen LogP contribution is 2.36. The Labute approximate surface area is 244 Å². The van der Waals surface area contributed by atoms with Gasteiger partial charge in [-0.3, -0.25) is 0 Å². The maximum absolute atomic E-state index is 10.4. The molecule has 2 aliphatic rings. The fourth-order valence-electron chi connectivity index (χ4n) is 5.89.